The quantitative estimate of drug-likeness (QED) is 0.236. The molecule has 0 spiro atoms. The number of fused-ring (bicyclic) bond motifs is 2. The lowest BCUT2D eigenvalue weighted by Crippen LogP contribution is -2.31. The molecule has 0 aromatic heterocycles. The number of non-ortho nitro benzene ring substituents is 1. The van der Waals surface area contributed by atoms with Gasteiger partial charge in [0.2, 0.25) is 0 Å². The fourth-order valence-corrected chi connectivity index (χ4v) is 4.78. The monoisotopic (exact) mass is 470 g/mol. The Kier molecular flexibility index (Phi) is 7.41. The number of piperidine rings is 1. The van der Waals surface area contributed by atoms with Crippen LogP contribution >= 0.6 is 12.4 Å². The number of hydrogen-bond donors (Lipinski definition) is 0. The molecule has 0 N–H and O–H groups in total. The van der Waals surface area contributed by atoms with E-state index in [4.69, 9.17) is 0 Å². The maximum atomic E-state index is 11.0. The molecule has 3 aromatic rings. The molecule has 0 saturated carbocycles. The molecule has 34 heavy (non-hydrogen) atoms. The van der Waals surface area contributed by atoms with Gasteiger partial charge in [0.15, 0.2) is 0 Å². The molecule has 0 bridgehead atoms. The Morgan fingerprint density at radius 1 is 0.853 bits per heavy atom. The molecule has 5 heteroatoms. The van der Waals surface area contributed by atoms with Crippen molar-refractivity contribution in [2.45, 2.75) is 12.8 Å². The van der Waals surface area contributed by atoms with Crippen LogP contribution in [0.3, 0.4) is 0 Å². The van der Waals surface area contributed by atoms with Crippen molar-refractivity contribution in [3.63, 3.8) is 0 Å². The van der Waals surface area contributed by atoms with Gasteiger partial charge >= 0.3 is 0 Å². The van der Waals surface area contributed by atoms with Crippen LogP contribution in [-0.2, 0) is 0 Å². The summed E-state index contributed by atoms with van der Waals surface area (Å²) >= 11 is 0. The summed E-state index contributed by atoms with van der Waals surface area (Å²) in [7, 11) is 0. The molecule has 5 rings (SSSR count). The number of halogens is 1. The van der Waals surface area contributed by atoms with E-state index >= 15 is 0 Å². The average Bonchev–Trinajstić information content (AvgIpc) is 3.02. The first kappa shape index (κ1) is 23.7. The highest BCUT2D eigenvalue weighted by atomic mass is 35.5. The van der Waals surface area contributed by atoms with Crippen LogP contribution in [0.2, 0.25) is 0 Å². The molecule has 0 radical (unpaired) electrons. The van der Waals surface area contributed by atoms with Crippen LogP contribution in [0.25, 0.3) is 23.8 Å². The van der Waals surface area contributed by atoms with E-state index in [1.807, 2.05) is 12.1 Å². The van der Waals surface area contributed by atoms with Crippen molar-refractivity contribution in [3.05, 3.63) is 122 Å². The summed E-state index contributed by atoms with van der Waals surface area (Å²) in [5.41, 5.74) is 9.13. The van der Waals surface area contributed by atoms with E-state index in [2.05, 4.69) is 71.7 Å². The SMILES string of the molecule is Cl.O=[N+]([O-])c1cccc(/C=C/CN2CCC(=C3c4ccccc4C=Cc4ccccc43)CC2)c1. The lowest BCUT2D eigenvalue weighted by molar-refractivity contribution is -0.384. The Morgan fingerprint density at radius 3 is 2.09 bits per heavy atom. The van der Waals surface area contributed by atoms with E-state index in [1.54, 1.807) is 12.1 Å². The third-order valence-electron chi connectivity index (χ3n) is 6.47. The molecule has 0 unspecified atom stereocenters. The molecule has 4 nitrogen and oxygen atoms in total. The first-order chi connectivity index (χ1) is 16.2. The minimum atomic E-state index is -0.351. The van der Waals surface area contributed by atoms with Crippen molar-refractivity contribution < 1.29 is 4.92 Å². The van der Waals surface area contributed by atoms with Crippen molar-refractivity contribution in [2.24, 2.45) is 0 Å². The van der Waals surface area contributed by atoms with Crippen LogP contribution in [0.1, 0.15) is 40.7 Å². The van der Waals surface area contributed by atoms with Gasteiger partial charge in [0.1, 0.15) is 0 Å². The number of benzene rings is 3. The molecule has 2 aliphatic rings. The minimum Gasteiger partial charge on any atom is -0.299 e. The van der Waals surface area contributed by atoms with Crippen LogP contribution in [-0.4, -0.2) is 29.5 Å². The zero-order valence-electron chi connectivity index (χ0n) is 18.9. The van der Waals surface area contributed by atoms with Crippen LogP contribution in [0.4, 0.5) is 5.69 Å². The number of rotatable bonds is 4. The number of nitro benzene ring substituents is 1. The van der Waals surface area contributed by atoms with E-state index in [9.17, 15) is 10.1 Å². The van der Waals surface area contributed by atoms with Gasteiger partial charge in [-0.05, 0) is 46.2 Å². The van der Waals surface area contributed by atoms with Crippen LogP contribution in [0.15, 0.2) is 84.4 Å². The fraction of sp³-hybridized carbons (Fsp3) is 0.172. The van der Waals surface area contributed by atoms with Gasteiger partial charge in [-0.2, -0.15) is 0 Å². The van der Waals surface area contributed by atoms with E-state index in [0.717, 1.165) is 38.0 Å². The van der Waals surface area contributed by atoms with Gasteiger partial charge in [-0.1, -0.05) is 90.5 Å². The lowest BCUT2D eigenvalue weighted by atomic mass is 9.86. The summed E-state index contributed by atoms with van der Waals surface area (Å²) in [5.74, 6) is 0. The van der Waals surface area contributed by atoms with E-state index in [0.29, 0.717) is 0 Å². The topological polar surface area (TPSA) is 46.4 Å². The fourth-order valence-electron chi connectivity index (χ4n) is 4.78. The van der Waals surface area contributed by atoms with Gasteiger partial charge in [-0.3, -0.25) is 15.0 Å². The lowest BCUT2D eigenvalue weighted by Gasteiger charge is -2.29. The third-order valence-corrected chi connectivity index (χ3v) is 6.47. The van der Waals surface area contributed by atoms with E-state index in [-0.39, 0.29) is 23.0 Å². The molecular formula is C29H27ClN2O2. The molecule has 1 fully saturated rings. The maximum absolute atomic E-state index is 11.0. The normalized spacial score (nSPS) is 15.4. The molecule has 1 aliphatic carbocycles. The van der Waals surface area contributed by atoms with Crippen LogP contribution < -0.4 is 0 Å². The zero-order valence-corrected chi connectivity index (χ0v) is 19.7. The molecule has 3 aromatic carbocycles. The highest BCUT2D eigenvalue weighted by Gasteiger charge is 2.22. The van der Waals surface area contributed by atoms with Gasteiger partial charge < -0.3 is 0 Å². The van der Waals surface area contributed by atoms with E-state index < -0.39 is 0 Å². The molecule has 0 atom stereocenters. The summed E-state index contributed by atoms with van der Waals surface area (Å²) in [4.78, 5) is 13.1. The van der Waals surface area contributed by atoms with Crippen LogP contribution in [0.5, 0.6) is 0 Å². The molecule has 1 heterocycles. The standard InChI is InChI=1S/C29H26N2O2.ClH/c32-31(33)26-11-5-7-22(21-26)8-6-18-30-19-16-25(17-20-30)29-27-12-3-1-9-23(27)14-15-24-10-2-4-13-28(24)29;/h1-15,21H,16-20H2;1H/b8-6+;. The highest BCUT2D eigenvalue weighted by Crippen LogP contribution is 2.38. The summed E-state index contributed by atoms with van der Waals surface area (Å²) in [6.45, 7) is 2.87. The Bertz CT molecular complexity index is 1230. The van der Waals surface area contributed by atoms with Crippen molar-refractivity contribution in [2.75, 3.05) is 19.6 Å². The summed E-state index contributed by atoms with van der Waals surface area (Å²) in [6.07, 6.45) is 10.6. The van der Waals surface area contributed by atoms with Gasteiger partial charge in [-0.15, -0.1) is 12.4 Å². The first-order valence-electron chi connectivity index (χ1n) is 11.4. The van der Waals surface area contributed by atoms with Crippen molar-refractivity contribution in [3.8, 4) is 0 Å². The largest absolute Gasteiger partial charge is 0.299 e. The zero-order chi connectivity index (χ0) is 22.6. The smallest absolute Gasteiger partial charge is 0.270 e. The van der Waals surface area contributed by atoms with Gasteiger partial charge in [0.05, 0.1) is 4.92 Å². The summed E-state index contributed by atoms with van der Waals surface area (Å²) in [6, 6.07) is 24.2. The summed E-state index contributed by atoms with van der Waals surface area (Å²) in [5, 5.41) is 11.0. The summed E-state index contributed by atoms with van der Waals surface area (Å²) < 4.78 is 0. The molecule has 0 amide bonds. The average molecular weight is 471 g/mol. The van der Waals surface area contributed by atoms with Crippen LogP contribution in [0, 0.1) is 10.1 Å². The number of nitro groups is 1. The molecule has 1 aliphatic heterocycles. The van der Waals surface area contributed by atoms with Crippen molar-refractivity contribution >= 4 is 41.9 Å². The minimum absolute atomic E-state index is 0. The second kappa shape index (κ2) is 10.6. The van der Waals surface area contributed by atoms with Crippen molar-refractivity contribution in [1.29, 1.82) is 0 Å². The first-order valence-corrected chi connectivity index (χ1v) is 11.4. The Morgan fingerprint density at radius 2 is 1.47 bits per heavy atom. The van der Waals surface area contributed by atoms with Gasteiger partial charge in [0.25, 0.3) is 5.69 Å². The Labute approximate surface area is 206 Å². The van der Waals surface area contributed by atoms with Gasteiger partial charge in [0, 0.05) is 31.8 Å². The van der Waals surface area contributed by atoms with Gasteiger partial charge in [-0.25, -0.2) is 0 Å². The van der Waals surface area contributed by atoms with E-state index in [1.165, 1.54) is 39.5 Å². The highest BCUT2D eigenvalue weighted by molar-refractivity contribution is 5.94. The predicted molar refractivity (Wildman–Crippen MR) is 143 cm³/mol. The second-order valence-electron chi connectivity index (χ2n) is 8.54. The molecule has 1 saturated heterocycles. The third kappa shape index (κ3) is 5.04. The molecular weight excluding hydrogens is 444 g/mol. The number of hydrogen-bond acceptors (Lipinski definition) is 3. The predicted octanol–water partition coefficient (Wildman–Crippen LogP) is 7.11. The van der Waals surface area contributed by atoms with Crippen molar-refractivity contribution in [1.82, 2.24) is 4.90 Å². The number of nitrogens with zero attached hydrogens (tertiary/aromatic N) is 2. The number of likely N-dealkylation sites (tertiary alicyclic amines) is 1. The Balaban J connectivity index is 0.00000274. The maximum Gasteiger partial charge on any atom is 0.270 e. The molecule has 172 valence electrons. The second-order valence-corrected chi connectivity index (χ2v) is 8.54. The Hall–Kier alpha value is -3.47.